The molecule has 3 nitrogen and oxygen atoms in total. The van der Waals surface area contributed by atoms with Crippen LogP contribution < -0.4 is 0 Å². The number of benzene rings is 2. The van der Waals surface area contributed by atoms with Crippen molar-refractivity contribution in [3.05, 3.63) is 70.6 Å². The summed E-state index contributed by atoms with van der Waals surface area (Å²) >= 11 is 1.80. The van der Waals surface area contributed by atoms with E-state index < -0.39 is 0 Å². The molecular weight excluding hydrogens is 352 g/mol. The molecular formula is C23H22N2OS. The van der Waals surface area contributed by atoms with Crippen LogP contribution in [0.5, 0.6) is 0 Å². The molecule has 1 aliphatic rings. The van der Waals surface area contributed by atoms with Crippen LogP contribution in [0.1, 0.15) is 35.3 Å². The second-order valence-corrected chi connectivity index (χ2v) is 8.33. The number of rotatable bonds is 5. The standard InChI is InChI=1S/C23H22N2OS/c24-16-18-8-11-22-19(13-18)15-21(27-22)10-9-20-7-4-12-25(20)23(26)14-17-5-2-1-3-6-17/h1-3,5-6,8,11,13,15,20H,4,7,9-10,12,14H2/t20-/m0/s1. The van der Waals surface area contributed by atoms with Crippen LogP contribution in [-0.2, 0) is 17.6 Å². The normalized spacial score (nSPS) is 16.6. The Bertz CT molecular complexity index is 987. The summed E-state index contributed by atoms with van der Waals surface area (Å²) in [7, 11) is 0. The van der Waals surface area contributed by atoms with Gasteiger partial charge < -0.3 is 4.90 Å². The van der Waals surface area contributed by atoms with Crippen molar-refractivity contribution in [2.45, 2.75) is 38.1 Å². The fourth-order valence-corrected chi connectivity index (χ4v) is 5.00. The van der Waals surface area contributed by atoms with E-state index >= 15 is 0 Å². The van der Waals surface area contributed by atoms with E-state index in [4.69, 9.17) is 5.26 Å². The van der Waals surface area contributed by atoms with E-state index in [1.54, 1.807) is 11.3 Å². The van der Waals surface area contributed by atoms with Crippen molar-refractivity contribution in [2.24, 2.45) is 0 Å². The molecule has 1 aromatic heterocycles. The Morgan fingerprint density at radius 2 is 2.04 bits per heavy atom. The number of fused-ring (bicyclic) bond motifs is 1. The summed E-state index contributed by atoms with van der Waals surface area (Å²) in [6, 6.07) is 20.6. The maximum absolute atomic E-state index is 12.7. The molecule has 1 saturated heterocycles. The minimum Gasteiger partial charge on any atom is -0.339 e. The minimum atomic E-state index is 0.249. The highest BCUT2D eigenvalue weighted by molar-refractivity contribution is 7.19. The molecule has 4 rings (SSSR count). The topological polar surface area (TPSA) is 44.1 Å². The Morgan fingerprint density at radius 1 is 1.19 bits per heavy atom. The molecule has 4 heteroatoms. The van der Waals surface area contributed by atoms with Crippen molar-refractivity contribution >= 4 is 27.3 Å². The van der Waals surface area contributed by atoms with Gasteiger partial charge in [-0.3, -0.25) is 4.79 Å². The van der Waals surface area contributed by atoms with Crippen LogP contribution in [0, 0.1) is 11.3 Å². The van der Waals surface area contributed by atoms with Crippen molar-refractivity contribution in [3.63, 3.8) is 0 Å². The first-order valence-electron chi connectivity index (χ1n) is 9.49. The molecule has 0 bridgehead atoms. The van der Waals surface area contributed by atoms with Gasteiger partial charge in [0.1, 0.15) is 0 Å². The lowest BCUT2D eigenvalue weighted by Gasteiger charge is -2.24. The van der Waals surface area contributed by atoms with Gasteiger partial charge in [-0.05, 0) is 60.9 Å². The first-order chi connectivity index (χ1) is 13.2. The van der Waals surface area contributed by atoms with Gasteiger partial charge in [0.05, 0.1) is 18.1 Å². The van der Waals surface area contributed by atoms with E-state index in [2.05, 4.69) is 17.0 Å². The average Bonchev–Trinajstić information content (AvgIpc) is 3.32. The summed E-state index contributed by atoms with van der Waals surface area (Å²) in [6.07, 6.45) is 4.70. The fraction of sp³-hybridized carbons (Fsp3) is 0.304. The lowest BCUT2D eigenvalue weighted by atomic mass is 10.1. The van der Waals surface area contributed by atoms with Crippen LogP contribution in [0.3, 0.4) is 0 Å². The van der Waals surface area contributed by atoms with E-state index in [1.165, 1.54) is 9.58 Å². The molecule has 0 unspecified atom stereocenters. The second kappa shape index (κ2) is 7.94. The van der Waals surface area contributed by atoms with Crippen LogP contribution in [0.15, 0.2) is 54.6 Å². The molecule has 3 aromatic rings. The average molecular weight is 375 g/mol. The number of hydrogen-bond acceptors (Lipinski definition) is 3. The lowest BCUT2D eigenvalue weighted by Crippen LogP contribution is -2.36. The van der Waals surface area contributed by atoms with Gasteiger partial charge >= 0.3 is 0 Å². The Morgan fingerprint density at radius 3 is 2.85 bits per heavy atom. The SMILES string of the molecule is N#Cc1ccc2sc(CC[C@@H]3CCCN3C(=O)Cc3ccccc3)cc2c1. The first-order valence-corrected chi connectivity index (χ1v) is 10.3. The molecule has 27 heavy (non-hydrogen) atoms. The van der Waals surface area contributed by atoms with Gasteiger partial charge in [0, 0.05) is 22.2 Å². The largest absolute Gasteiger partial charge is 0.339 e. The van der Waals surface area contributed by atoms with Crippen LogP contribution in [0.25, 0.3) is 10.1 Å². The molecule has 2 heterocycles. The molecule has 0 N–H and O–H groups in total. The number of carbonyl (C=O) groups excluding carboxylic acids is 1. The summed E-state index contributed by atoms with van der Waals surface area (Å²) < 4.78 is 1.23. The maximum atomic E-state index is 12.7. The van der Waals surface area contributed by atoms with Crippen molar-refractivity contribution in [3.8, 4) is 6.07 Å². The van der Waals surface area contributed by atoms with Gasteiger partial charge in [-0.15, -0.1) is 11.3 Å². The number of carbonyl (C=O) groups is 1. The lowest BCUT2D eigenvalue weighted by molar-refractivity contribution is -0.131. The fourth-order valence-electron chi connectivity index (χ4n) is 3.94. The third-order valence-electron chi connectivity index (χ3n) is 5.32. The predicted octanol–water partition coefficient (Wildman–Crippen LogP) is 4.94. The number of aryl methyl sites for hydroxylation is 1. The van der Waals surface area contributed by atoms with E-state index in [-0.39, 0.29) is 5.91 Å². The molecule has 136 valence electrons. The third-order valence-corrected chi connectivity index (χ3v) is 6.49. The summed E-state index contributed by atoms with van der Waals surface area (Å²) in [5.41, 5.74) is 1.80. The maximum Gasteiger partial charge on any atom is 0.227 e. The smallest absolute Gasteiger partial charge is 0.227 e. The van der Waals surface area contributed by atoms with Gasteiger partial charge in [0.15, 0.2) is 0 Å². The molecule has 1 aliphatic heterocycles. The summed E-state index contributed by atoms with van der Waals surface area (Å²) in [5, 5.41) is 10.2. The van der Waals surface area contributed by atoms with Crippen LogP contribution in [0.2, 0.25) is 0 Å². The molecule has 1 amide bonds. The van der Waals surface area contributed by atoms with Crippen molar-refractivity contribution in [1.82, 2.24) is 4.90 Å². The highest BCUT2D eigenvalue weighted by atomic mass is 32.1. The third kappa shape index (κ3) is 4.04. The van der Waals surface area contributed by atoms with Crippen LogP contribution >= 0.6 is 11.3 Å². The van der Waals surface area contributed by atoms with Crippen LogP contribution in [0.4, 0.5) is 0 Å². The molecule has 0 radical (unpaired) electrons. The summed E-state index contributed by atoms with van der Waals surface area (Å²) in [6.45, 7) is 0.883. The second-order valence-electron chi connectivity index (χ2n) is 7.16. The Balaban J connectivity index is 1.40. The van der Waals surface area contributed by atoms with Gasteiger partial charge in [-0.1, -0.05) is 30.3 Å². The number of amides is 1. The van der Waals surface area contributed by atoms with Crippen molar-refractivity contribution in [1.29, 1.82) is 5.26 Å². The van der Waals surface area contributed by atoms with Crippen molar-refractivity contribution < 1.29 is 4.79 Å². The van der Waals surface area contributed by atoms with E-state index in [0.29, 0.717) is 18.0 Å². The van der Waals surface area contributed by atoms with Gasteiger partial charge in [0.2, 0.25) is 5.91 Å². The quantitative estimate of drug-likeness (QED) is 0.635. The highest BCUT2D eigenvalue weighted by Crippen LogP contribution is 2.29. The van der Waals surface area contributed by atoms with Gasteiger partial charge in [0.25, 0.3) is 0 Å². The minimum absolute atomic E-state index is 0.249. The Hall–Kier alpha value is -2.64. The van der Waals surface area contributed by atoms with E-state index in [9.17, 15) is 4.79 Å². The zero-order valence-corrected chi connectivity index (χ0v) is 16.0. The Labute approximate surface area is 163 Å². The number of nitriles is 1. The number of likely N-dealkylation sites (tertiary alicyclic amines) is 1. The van der Waals surface area contributed by atoms with Gasteiger partial charge in [-0.25, -0.2) is 0 Å². The molecule has 0 saturated carbocycles. The number of hydrogen-bond donors (Lipinski definition) is 0. The first kappa shape index (κ1) is 17.8. The highest BCUT2D eigenvalue weighted by Gasteiger charge is 2.28. The zero-order valence-electron chi connectivity index (χ0n) is 15.2. The van der Waals surface area contributed by atoms with Gasteiger partial charge in [-0.2, -0.15) is 5.26 Å². The van der Waals surface area contributed by atoms with Crippen LogP contribution in [-0.4, -0.2) is 23.4 Å². The van der Waals surface area contributed by atoms with Crippen molar-refractivity contribution in [2.75, 3.05) is 6.54 Å². The Kier molecular flexibility index (Phi) is 5.22. The monoisotopic (exact) mass is 374 g/mol. The molecule has 0 aliphatic carbocycles. The summed E-state index contributed by atoms with van der Waals surface area (Å²) in [5.74, 6) is 0.249. The molecule has 1 atom stereocenters. The molecule has 1 fully saturated rings. The molecule has 2 aromatic carbocycles. The number of nitrogens with zero attached hydrogens (tertiary/aromatic N) is 2. The zero-order chi connectivity index (χ0) is 18.6. The van der Waals surface area contributed by atoms with E-state index in [0.717, 1.165) is 43.2 Å². The van der Waals surface area contributed by atoms with E-state index in [1.807, 2.05) is 48.5 Å². The number of thiophene rings is 1. The predicted molar refractivity (Wildman–Crippen MR) is 110 cm³/mol. The summed E-state index contributed by atoms with van der Waals surface area (Å²) in [4.78, 5) is 16.2. The molecule has 0 spiro atoms.